The first-order valence-electron chi connectivity index (χ1n) is 16.5. The van der Waals surface area contributed by atoms with E-state index in [0.29, 0.717) is 50.5 Å². The number of methoxy groups -OCH3 is 1. The first-order valence-corrected chi connectivity index (χ1v) is 17.5. The van der Waals surface area contributed by atoms with Crippen LogP contribution in [0, 0.1) is 26.7 Å². The van der Waals surface area contributed by atoms with Crippen molar-refractivity contribution < 1.29 is 34.4 Å². The number of nitrogens with zero attached hydrogens (tertiary/aromatic N) is 1. The Kier molecular flexibility index (Phi) is 10.3. The monoisotopic (exact) mass is 744 g/mol. The van der Waals surface area contributed by atoms with Crippen molar-refractivity contribution in [1.29, 1.82) is 0 Å². The maximum absolute atomic E-state index is 14.4. The van der Waals surface area contributed by atoms with Gasteiger partial charge >= 0.3 is 0 Å². The van der Waals surface area contributed by atoms with Crippen molar-refractivity contribution >= 4 is 34.4 Å². The molecule has 0 heterocycles. The SMILES string of the molecule is COc1cc(CO)cc(I)c1OC1C=C(C(=O)NCCO)CC(N(CC23CC4CC(CC(C4)C2)C3)C(=O)Cc2ccccc2)C1O. The van der Waals surface area contributed by atoms with Gasteiger partial charge in [-0.1, -0.05) is 30.3 Å². The van der Waals surface area contributed by atoms with Crippen molar-refractivity contribution in [2.45, 2.75) is 76.2 Å². The number of carbonyl (C=O) groups excluding carboxylic acids is 2. The van der Waals surface area contributed by atoms with Crippen molar-refractivity contribution in [3.63, 3.8) is 0 Å². The van der Waals surface area contributed by atoms with Crippen LogP contribution in [0.15, 0.2) is 54.1 Å². The average Bonchev–Trinajstić information content (AvgIpc) is 3.04. The van der Waals surface area contributed by atoms with E-state index < -0.39 is 18.2 Å². The predicted octanol–water partition coefficient (Wildman–Crippen LogP) is 4.00. The summed E-state index contributed by atoms with van der Waals surface area (Å²) in [6.07, 6.45) is 7.07. The number of halogens is 1. The van der Waals surface area contributed by atoms with Crippen LogP contribution >= 0.6 is 22.6 Å². The molecular formula is C36H45IN2O7. The number of rotatable bonds is 12. The van der Waals surface area contributed by atoms with E-state index in [9.17, 15) is 24.9 Å². The summed E-state index contributed by atoms with van der Waals surface area (Å²) in [4.78, 5) is 29.7. The molecule has 2 amide bonds. The summed E-state index contributed by atoms with van der Waals surface area (Å²) in [5.41, 5.74) is 1.97. The van der Waals surface area contributed by atoms with Crippen LogP contribution in [0.4, 0.5) is 0 Å². The zero-order valence-electron chi connectivity index (χ0n) is 26.4. The highest BCUT2D eigenvalue weighted by molar-refractivity contribution is 14.1. The van der Waals surface area contributed by atoms with Gasteiger partial charge in [0, 0.05) is 25.1 Å². The molecule has 3 unspecified atom stereocenters. The average molecular weight is 745 g/mol. The molecule has 0 aromatic heterocycles. The second-order valence-electron chi connectivity index (χ2n) is 13.9. The predicted molar refractivity (Wildman–Crippen MR) is 181 cm³/mol. The fourth-order valence-electron chi connectivity index (χ4n) is 9.00. The van der Waals surface area contributed by atoms with E-state index in [1.807, 2.05) is 35.2 Å². The molecule has 4 N–H and O–H groups in total. The Bertz CT molecular complexity index is 1410. The van der Waals surface area contributed by atoms with Crippen molar-refractivity contribution in [1.82, 2.24) is 10.2 Å². The molecule has 2 aromatic rings. The molecule has 2 aromatic carbocycles. The van der Waals surface area contributed by atoms with E-state index >= 15 is 0 Å². The molecule has 46 heavy (non-hydrogen) atoms. The van der Waals surface area contributed by atoms with Gasteiger partial charge in [0.15, 0.2) is 11.5 Å². The Balaban J connectivity index is 1.36. The molecule has 4 saturated carbocycles. The van der Waals surface area contributed by atoms with E-state index in [1.165, 1.54) is 26.4 Å². The third-order valence-electron chi connectivity index (χ3n) is 10.5. The molecule has 0 radical (unpaired) electrons. The molecule has 248 valence electrons. The highest BCUT2D eigenvalue weighted by Crippen LogP contribution is 2.60. The number of benzene rings is 2. The number of amides is 2. The van der Waals surface area contributed by atoms with Gasteiger partial charge in [-0.15, -0.1) is 0 Å². The lowest BCUT2D eigenvalue weighted by molar-refractivity contribution is -0.146. The lowest BCUT2D eigenvalue weighted by Gasteiger charge is -2.58. The first kappa shape index (κ1) is 33.2. The molecule has 5 aliphatic carbocycles. The van der Waals surface area contributed by atoms with Crippen LogP contribution in [0.1, 0.15) is 56.1 Å². The Labute approximate surface area is 284 Å². The maximum atomic E-state index is 14.4. The van der Waals surface area contributed by atoms with Crippen LogP contribution in [0.2, 0.25) is 0 Å². The number of aliphatic hydroxyl groups is 3. The summed E-state index contributed by atoms with van der Waals surface area (Å²) < 4.78 is 12.7. The lowest BCUT2D eigenvalue weighted by Crippen LogP contribution is -2.60. The first-order chi connectivity index (χ1) is 22.2. The highest BCUT2D eigenvalue weighted by atomic mass is 127. The standard InChI is InChI=1S/C36H45IN2O7/c1-45-31-13-26(20-41)12-28(37)34(31)46-30-16-27(35(44)38-7-8-40)15-29(33(30)43)39(32(42)14-22-5-3-2-4-6-22)21-36-17-23-9-24(18-36)11-25(10-23)19-36/h2-6,12-13,16,23-25,29-30,33,40-41,43H,7-11,14-15,17-21H2,1H3,(H,38,44). The minimum absolute atomic E-state index is 0.0103. The minimum atomic E-state index is -1.12. The third kappa shape index (κ3) is 7.10. The summed E-state index contributed by atoms with van der Waals surface area (Å²) in [6, 6.07) is 12.4. The fourth-order valence-corrected chi connectivity index (χ4v) is 9.79. The van der Waals surface area contributed by atoms with Gasteiger partial charge in [0.1, 0.15) is 12.2 Å². The van der Waals surface area contributed by atoms with Crippen molar-refractivity contribution in [2.24, 2.45) is 23.2 Å². The molecule has 10 heteroatoms. The number of aliphatic hydroxyl groups excluding tert-OH is 3. The maximum Gasteiger partial charge on any atom is 0.247 e. The largest absolute Gasteiger partial charge is 0.493 e. The summed E-state index contributed by atoms with van der Waals surface area (Å²) in [6.45, 7) is 0.269. The third-order valence-corrected chi connectivity index (χ3v) is 11.3. The molecule has 4 fully saturated rings. The number of hydrogen-bond donors (Lipinski definition) is 4. The molecule has 0 spiro atoms. The van der Waals surface area contributed by atoms with Crippen LogP contribution in [-0.4, -0.2) is 77.1 Å². The van der Waals surface area contributed by atoms with Crippen LogP contribution in [0.5, 0.6) is 11.5 Å². The summed E-state index contributed by atoms with van der Waals surface area (Å²) in [5, 5.41) is 34.0. The molecule has 0 aliphatic heterocycles. The number of carbonyl (C=O) groups is 2. The van der Waals surface area contributed by atoms with Crippen LogP contribution in [0.25, 0.3) is 0 Å². The van der Waals surface area contributed by atoms with Crippen molar-refractivity contribution in [3.8, 4) is 11.5 Å². The van der Waals surface area contributed by atoms with Crippen LogP contribution < -0.4 is 14.8 Å². The Hall–Kier alpha value is -2.67. The summed E-state index contributed by atoms with van der Waals surface area (Å²) in [7, 11) is 1.51. The zero-order valence-corrected chi connectivity index (χ0v) is 28.5. The zero-order chi connectivity index (χ0) is 32.4. The highest BCUT2D eigenvalue weighted by Gasteiger charge is 2.53. The fraction of sp³-hybridized carbons (Fsp3) is 0.556. The number of ether oxygens (including phenoxy) is 2. The van der Waals surface area contributed by atoms with E-state index in [4.69, 9.17) is 9.47 Å². The van der Waals surface area contributed by atoms with E-state index in [0.717, 1.165) is 24.8 Å². The lowest BCUT2D eigenvalue weighted by atomic mass is 9.49. The van der Waals surface area contributed by atoms with Crippen molar-refractivity contribution in [2.75, 3.05) is 26.8 Å². The van der Waals surface area contributed by atoms with Crippen LogP contribution in [0.3, 0.4) is 0 Å². The van der Waals surface area contributed by atoms with Gasteiger partial charge in [-0.25, -0.2) is 0 Å². The van der Waals surface area contributed by atoms with Gasteiger partial charge in [0.25, 0.3) is 0 Å². The molecule has 3 atom stereocenters. The number of hydrogen-bond acceptors (Lipinski definition) is 7. The van der Waals surface area contributed by atoms with Gasteiger partial charge < -0.3 is 35.0 Å². The van der Waals surface area contributed by atoms with E-state index in [-0.39, 0.29) is 49.8 Å². The second-order valence-corrected chi connectivity index (χ2v) is 15.0. The van der Waals surface area contributed by atoms with E-state index in [2.05, 4.69) is 27.9 Å². The Morgan fingerprint density at radius 1 is 1.02 bits per heavy atom. The topological polar surface area (TPSA) is 129 Å². The molecule has 0 saturated heterocycles. The molecule has 5 aliphatic rings. The van der Waals surface area contributed by atoms with Gasteiger partial charge in [0.05, 0.1) is 36.4 Å². The smallest absolute Gasteiger partial charge is 0.247 e. The minimum Gasteiger partial charge on any atom is -0.493 e. The van der Waals surface area contributed by atoms with Gasteiger partial charge in [-0.2, -0.15) is 0 Å². The molecule has 4 bridgehead atoms. The second kappa shape index (κ2) is 14.2. The molecule has 7 rings (SSSR count). The molecular weight excluding hydrogens is 699 g/mol. The Morgan fingerprint density at radius 3 is 2.30 bits per heavy atom. The summed E-state index contributed by atoms with van der Waals surface area (Å²) >= 11 is 2.11. The number of nitrogens with one attached hydrogen (secondary N) is 1. The summed E-state index contributed by atoms with van der Waals surface area (Å²) in [5.74, 6) is 2.45. The Morgan fingerprint density at radius 2 is 1.70 bits per heavy atom. The molecule has 9 nitrogen and oxygen atoms in total. The van der Waals surface area contributed by atoms with Crippen LogP contribution in [-0.2, 0) is 22.6 Å². The van der Waals surface area contributed by atoms with Crippen molar-refractivity contribution in [3.05, 3.63) is 68.8 Å². The van der Waals surface area contributed by atoms with E-state index in [1.54, 1.807) is 18.2 Å². The van der Waals surface area contributed by atoms with Gasteiger partial charge in [-0.05, 0) is 114 Å². The van der Waals surface area contributed by atoms with Gasteiger partial charge in [0.2, 0.25) is 11.8 Å². The van der Waals surface area contributed by atoms with Gasteiger partial charge in [-0.3, -0.25) is 9.59 Å². The normalized spacial score (nSPS) is 29.6. The quantitative estimate of drug-likeness (QED) is 0.242.